The summed E-state index contributed by atoms with van der Waals surface area (Å²) in [5, 5.41) is 4.26. The summed E-state index contributed by atoms with van der Waals surface area (Å²) in [5.74, 6) is 0.275. The fourth-order valence-electron chi connectivity index (χ4n) is 6.33. The van der Waals surface area contributed by atoms with Crippen LogP contribution < -0.4 is 5.73 Å². The van der Waals surface area contributed by atoms with Gasteiger partial charge in [0, 0.05) is 35.5 Å². The molecule has 4 heterocycles. The highest BCUT2D eigenvalue weighted by molar-refractivity contribution is 5.63. The molecule has 0 radical (unpaired) electrons. The smallest absolute Gasteiger partial charge is 0.383 e. The van der Waals surface area contributed by atoms with Gasteiger partial charge in [0.05, 0.1) is 30.5 Å². The molecule has 4 aliphatic rings. The lowest BCUT2D eigenvalue weighted by Crippen LogP contribution is -2.67. The lowest BCUT2D eigenvalue weighted by atomic mass is 9.77. The van der Waals surface area contributed by atoms with Crippen molar-refractivity contribution in [2.24, 2.45) is 11.8 Å². The van der Waals surface area contributed by atoms with E-state index in [9.17, 15) is 22.0 Å². The first-order valence-corrected chi connectivity index (χ1v) is 11.2. The molecular formula is C22H24F5N5O. The van der Waals surface area contributed by atoms with Crippen molar-refractivity contribution in [2.75, 3.05) is 25.5 Å². The van der Waals surface area contributed by atoms with E-state index >= 15 is 0 Å². The summed E-state index contributed by atoms with van der Waals surface area (Å²) in [6, 6.07) is 3.03. The minimum atomic E-state index is -4.66. The van der Waals surface area contributed by atoms with E-state index in [0.29, 0.717) is 23.6 Å². The van der Waals surface area contributed by atoms with Crippen LogP contribution in [0.25, 0.3) is 11.3 Å². The Balaban J connectivity index is 1.27. The Hall–Kier alpha value is -2.27. The van der Waals surface area contributed by atoms with Crippen LogP contribution in [0.15, 0.2) is 18.3 Å². The molecule has 33 heavy (non-hydrogen) atoms. The molecule has 0 aromatic carbocycles. The monoisotopic (exact) mass is 469 g/mol. The van der Waals surface area contributed by atoms with Crippen molar-refractivity contribution in [1.82, 2.24) is 19.7 Å². The number of hydrogen-bond donors (Lipinski definition) is 1. The van der Waals surface area contributed by atoms with Crippen LogP contribution >= 0.6 is 0 Å². The molecule has 2 saturated carbocycles. The Kier molecular flexibility index (Phi) is 4.59. The normalized spacial score (nSPS) is 31.6. The van der Waals surface area contributed by atoms with Crippen molar-refractivity contribution in [1.29, 1.82) is 0 Å². The Morgan fingerprint density at radius 2 is 1.91 bits per heavy atom. The molecular weight excluding hydrogens is 445 g/mol. The second-order valence-electron chi connectivity index (χ2n) is 9.80. The van der Waals surface area contributed by atoms with Crippen LogP contribution in [-0.2, 0) is 17.5 Å². The lowest BCUT2D eigenvalue weighted by Gasteiger charge is -2.57. The molecule has 2 aliphatic heterocycles. The van der Waals surface area contributed by atoms with Crippen molar-refractivity contribution in [3.05, 3.63) is 29.6 Å². The summed E-state index contributed by atoms with van der Waals surface area (Å²) < 4.78 is 73.0. The van der Waals surface area contributed by atoms with Crippen molar-refractivity contribution < 1.29 is 26.7 Å². The quantitative estimate of drug-likeness (QED) is 0.676. The van der Waals surface area contributed by atoms with Crippen molar-refractivity contribution >= 4 is 5.82 Å². The predicted octanol–water partition coefficient (Wildman–Crippen LogP) is 3.78. The van der Waals surface area contributed by atoms with Crippen molar-refractivity contribution in [3.63, 3.8) is 0 Å². The molecule has 2 aromatic rings. The number of nitrogens with two attached hydrogens (primary N) is 1. The van der Waals surface area contributed by atoms with E-state index in [4.69, 9.17) is 10.5 Å². The third-order valence-electron chi connectivity index (χ3n) is 8.03. The molecule has 4 fully saturated rings. The van der Waals surface area contributed by atoms with Crippen LogP contribution in [0.1, 0.15) is 36.4 Å². The largest absolute Gasteiger partial charge is 0.419 e. The zero-order valence-electron chi connectivity index (χ0n) is 17.7. The molecule has 2 aromatic heterocycles. The van der Waals surface area contributed by atoms with Crippen molar-refractivity contribution in [3.8, 4) is 11.3 Å². The number of fused-ring (bicyclic) bond motifs is 1. The van der Waals surface area contributed by atoms with Gasteiger partial charge in [-0.2, -0.15) is 18.3 Å². The molecule has 2 N–H and O–H groups in total. The molecule has 6 rings (SSSR count). The SMILES string of the molecule is Nc1ncc(-c2cc(C3[C@H]4CC5(CCN5C5COC5)C[C@@H]34)n(CC(F)F)n2)cc1C(F)(F)F. The minimum absolute atomic E-state index is 0.111. The number of ether oxygens (including phenoxy) is 1. The molecule has 11 heteroatoms. The Labute approximate surface area is 186 Å². The van der Waals surface area contributed by atoms with Gasteiger partial charge in [-0.05, 0) is 43.2 Å². The minimum Gasteiger partial charge on any atom is -0.383 e. The van der Waals surface area contributed by atoms with Gasteiger partial charge in [0.1, 0.15) is 12.4 Å². The molecule has 1 spiro atoms. The zero-order chi connectivity index (χ0) is 23.1. The number of nitrogen functional groups attached to an aromatic ring is 1. The van der Waals surface area contributed by atoms with Gasteiger partial charge in [0.2, 0.25) is 0 Å². The number of nitrogens with zero attached hydrogens (tertiary/aromatic N) is 4. The van der Waals surface area contributed by atoms with Crippen LogP contribution in [0.4, 0.5) is 27.8 Å². The van der Waals surface area contributed by atoms with Gasteiger partial charge in [-0.1, -0.05) is 0 Å². The third kappa shape index (κ3) is 3.34. The van der Waals surface area contributed by atoms with Crippen molar-refractivity contribution in [2.45, 2.75) is 55.9 Å². The van der Waals surface area contributed by atoms with Gasteiger partial charge in [-0.3, -0.25) is 9.58 Å². The van der Waals surface area contributed by atoms with E-state index in [0.717, 1.165) is 45.1 Å². The number of aromatic nitrogens is 3. The number of rotatable bonds is 5. The number of alkyl halides is 5. The molecule has 2 aliphatic carbocycles. The molecule has 178 valence electrons. The van der Waals surface area contributed by atoms with E-state index in [1.165, 1.54) is 10.9 Å². The summed E-state index contributed by atoms with van der Waals surface area (Å²) >= 11 is 0. The van der Waals surface area contributed by atoms with Gasteiger partial charge in [0.25, 0.3) is 6.43 Å². The second kappa shape index (κ2) is 7.11. The first kappa shape index (κ1) is 21.3. The van der Waals surface area contributed by atoms with Gasteiger partial charge in [-0.25, -0.2) is 13.8 Å². The first-order chi connectivity index (χ1) is 15.7. The highest BCUT2D eigenvalue weighted by atomic mass is 19.4. The van der Waals surface area contributed by atoms with Gasteiger partial charge >= 0.3 is 6.18 Å². The highest BCUT2D eigenvalue weighted by Crippen LogP contribution is 2.69. The summed E-state index contributed by atoms with van der Waals surface area (Å²) in [7, 11) is 0. The summed E-state index contributed by atoms with van der Waals surface area (Å²) in [4.78, 5) is 6.22. The Morgan fingerprint density at radius 1 is 1.18 bits per heavy atom. The lowest BCUT2D eigenvalue weighted by molar-refractivity contribution is -0.149. The first-order valence-electron chi connectivity index (χ1n) is 11.2. The van der Waals surface area contributed by atoms with E-state index in [-0.39, 0.29) is 22.7 Å². The molecule has 2 saturated heterocycles. The predicted molar refractivity (Wildman–Crippen MR) is 108 cm³/mol. The summed E-state index contributed by atoms with van der Waals surface area (Å²) in [6.07, 6.45) is -2.87. The molecule has 2 unspecified atom stereocenters. The number of hydrogen-bond acceptors (Lipinski definition) is 5. The molecule has 0 amide bonds. The number of halogens is 5. The third-order valence-corrected chi connectivity index (χ3v) is 8.03. The number of anilines is 1. The van der Waals surface area contributed by atoms with Gasteiger partial charge in [0.15, 0.2) is 0 Å². The summed E-state index contributed by atoms with van der Waals surface area (Å²) in [5.41, 5.74) is 5.55. The van der Waals surface area contributed by atoms with Crippen LogP contribution in [0, 0.1) is 11.8 Å². The van der Waals surface area contributed by atoms with Crippen LogP contribution in [0.5, 0.6) is 0 Å². The Morgan fingerprint density at radius 3 is 2.45 bits per heavy atom. The molecule has 4 atom stereocenters. The van der Waals surface area contributed by atoms with Gasteiger partial charge in [-0.15, -0.1) is 0 Å². The zero-order valence-corrected chi connectivity index (χ0v) is 17.7. The second-order valence-corrected chi connectivity index (χ2v) is 9.80. The highest BCUT2D eigenvalue weighted by Gasteiger charge is 2.67. The molecule has 6 nitrogen and oxygen atoms in total. The standard InChI is InChI=1S/C22H24F5N5O/c23-18(24)8-32-17(4-16(30-32)11-3-15(22(25,26)27)20(28)29-7-11)19-13-5-21(6-14(13)19)1-2-31(21)12-9-33-10-12/h3-4,7,12-14,18-19H,1-2,5-6,8-10H2,(H2,28,29)/t13-,14+,19?,21?. The fourth-order valence-corrected chi connectivity index (χ4v) is 6.33. The van der Waals surface area contributed by atoms with E-state index in [1.807, 2.05) is 0 Å². The van der Waals surface area contributed by atoms with E-state index in [2.05, 4.69) is 15.0 Å². The van der Waals surface area contributed by atoms with Crippen LogP contribution in [-0.4, -0.2) is 57.4 Å². The Bertz CT molecular complexity index is 1070. The average molecular weight is 469 g/mol. The average Bonchev–Trinajstić information content (AvgIpc) is 3.03. The van der Waals surface area contributed by atoms with E-state index in [1.54, 1.807) is 6.07 Å². The maximum atomic E-state index is 13.3. The van der Waals surface area contributed by atoms with Crippen LogP contribution in [0.3, 0.4) is 0 Å². The number of likely N-dealkylation sites (tertiary alicyclic amines) is 1. The number of pyridine rings is 1. The maximum Gasteiger partial charge on any atom is 0.419 e. The maximum absolute atomic E-state index is 13.3. The topological polar surface area (TPSA) is 69.2 Å². The summed E-state index contributed by atoms with van der Waals surface area (Å²) in [6.45, 7) is 2.05. The van der Waals surface area contributed by atoms with E-state index < -0.39 is 30.5 Å². The molecule has 0 bridgehead atoms. The fraction of sp³-hybridized carbons (Fsp3) is 0.636. The van der Waals surface area contributed by atoms with Crippen LogP contribution in [0.2, 0.25) is 0 Å². The van der Waals surface area contributed by atoms with Gasteiger partial charge < -0.3 is 10.5 Å².